The Bertz CT molecular complexity index is 559. The van der Waals surface area contributed by atoms with Crippen LogP contribution in [0.15, 0.2) is 0 Å². The van der Waals surface area contributed by atoms with E-state index in [9.17, 15) is 14.7 Å². The highest BCUT2D eigenvalue weighted by atomic mass is 16.5. The van der Waals surface area contributed by atoms with E-state index >= 15 is 0 Å². The van der Waals surface area contributed by atoms with Gasteiger partial charge in [-0.2, -0.15) is 0 Å². The molecule has 2 aliphatic rings. The minimum Gasteiger partial charge on any atom is -0.481 e. The van der Waals surface area contributed by atoms with Gasteiger partial charge in [-0.3, -0.25) is 9.59 Å². The smallest absolute Gasteiger partial charge is 0.309 e. The van der Waals surface area contributed by atoms with Crippen molar-refractivity contribution in [2.24, 2.45) is 40.9 Å². The number of carboxylic acids is 1. The molecule has 30 heavy (non-hydrogen) atoms. The standard InChI is InChI=1S/C26H46O4/c1-6-8-9-10-23-19(4)20(13-15-26(23,5)14-7-2)17-30-25(29)21-12-11-18(3)16-22(21)24(27)28/h18-23H,6-17H2,1-5H3,(H,27,28). The fourth-order valence-electron chi connectivity index (χ4n) is 6.50. The first-order chi connectivity index (χ1) is 14.2. The summed E-state index contributed by atoms with van der Waals surface area (Å²) in [5, 5.41) is 9.57. The van der Waals surface area contributed by atoms with Crippen LogP contribution in [0.4, 0.5) is 0 Å². The maximum Gasteiger partial charge on any atom is 0.309 e. The van der Waals surface area contributed by atoms with E-state index in [1.54, 1.807) is 0 Å². The lowest BCUT2D eigenvalue weighted by atomic mass is 9.57. The molecule has 2 rings (SSSR count). The molecule has 0 heterocycles. The van der Waals surface area contributed by atoms with E-state index in [-0.39, 0.29) is 5.97 Å². The Balaban J connectivity index is 1.98. The molecule has 2 saturated carbocycles. The van der Waals surface area contributed by atoms with Crippen LogP contribution in [0.1, 0.15) is 105 Å². The fraction of sp³-hybridized carbons (Fsp3) is 0.923. The summed E-state index contributed by atoms with van der Waals surface area (Å²) in [5.74, 6) is -0.176. The summed E-state index contributed by atoms with van der Waals surface area (Å²) < 4.78 is 5.81. The average Bonchev–Trinajstić information content (AvgIpc) is 2.70. The Morgan fingerprint density at radius 1 is 1.03 bits per heavy atom. The van der Waals surface area contributed by atoms with Crippen molar-refractivity contribution in [3.63, 3.8) is 0 Å². The van der Waals surface area contributed by atoms with Crippen LogP contribution in [0.3, 0.4) is 0 Å². The zero-order valence-corrected chi connectivity index (χ0v) is 20.1. The van der Waals surface area contributed by atoms with Gasteiger partial charge in [-0.05, 0) is 74.0 Å². The lowest BCUT2D eigenvalue weighted by molar-refractivity contribution is -0.163. The van der Waals surface area contributed by atoms with Gasteiger partial charge in [-0.15, -0.1) is 0 Å². The SMILES string of the molecule is CCCCCC1C(C)C(COC(=O)C2CCC(C)CC2C(=O)O)CCC1(C)CCC. The third kappa shape index (κ3) is 6.23. The first-order valence-corrected chi connectivity index (χ1v) is 12.6. The number of rotatable bonds is 10. The number of ether oxygens (including phenoxy) is 1. The first kappa shape index (κ1) is 25.2. The molecule has 7 unspecified atom stereocenters. The quantitative estimate of drug-likeness (QED) is 0.314. The largest absolute Gasteiger partial charge is 0.481 e. The second-order valence-corrected chi connectivity index (χ2v) is 10.8. The van der Waals surface area contributed by atoms with Gasteiger partial charge in [0.15, 0.2) is 0 Å². The first-order valence-electron chi connectivity index (χ1n) is 12.6. The Labute approximate surface area is 184 Å². The third-order valence-corrected chi connectivity index (χ3v) is 8.47. The highest BCUT2D eigenvalue weighted by molar-refractivity contribution is 5.81. The topological polar surface area (TPSA) is 63.6 Å². The van der Waals surface area contributed by atoms with Crippen molar-refractivity contribution >= 4 is 11.9 Å². The average molecular weight is 423 g/mol. The third-order valence-electron chi connectivity index (χ3n) is 8.47. The van der Waals surface area contributed by atoms with E-state index < -0.39 is 17.8 Å². The lowest BCUT2D eigenvalue weighted by Crippen LogP contribution is -2.43. The van der Waals surface area contributed by atoms with E-state index in [0.29, 0.717) is 48.5 Å². The van der Waals surface area contributed by atoms with Gasteiger partial charge >= 0.3 is 11.9 Å². The molecule has 0 aliphatic heterocycles. The van der Waals surface area contributed by atoms with Gasteiger partial charge in [0.25, 0.3) is 0 Å². The van der Waals surface area contributed by atoms with E-state index in [4.69, 9.17) is 4.74 Å². The molecule has 2 fully saturated rings. The Morgan fingerprint density at radius 2 is 1.77 bits per heavy atom. The molecule has 7 atom stereocenters. The molecular weight excluding hydrogens is 376 g/mol. The van der Waals surface area contributed by atoms with Crippen LogP contribution in [0, 0.1) is 40.9 Å². The number of unbranched alkanes of at least 4 members (excludes halogenated alkanes) is 2. The number of carbonyl (C=O) groups excluding carboxylic acids is 1. The Morgan fingerprint density at radius 3 is 2.40 bits per heavy atom. The zero-order valence-electron chi connectivity index (χ0n) is 20.1. The molecule has 0 aromatic heterocycles. The number of esters is 1. The van der Waals surface area contributed by atoms with Crippen LogP contribution in [0.25, 0.3) is 0 Å². The van der Waals surface area contributed by atoms with Gasteiger partial charge in [-0.25, -0.2) is 0 Å². The molecule has 0 saturated heterocycles. The predicted molar refractivity (Wildman–Crippen MR) is 121 cm³/mol. The van der Waals surface area contributed by atoms with E-state index in [2.05, 4.69) is 34.6 Å². The minimum atomic E-state index is -0.846. The van der Waals surface area contributed by atoms with E-state index in [1.165, 1.54) is 44.9 Å². The van der Waals surface area contributed by atoms with Gasteiger partial charge < -0.3 is 9.84 Å². The number of aliphatic carboxylic acids is 1. The summed E-state index contributed by atoms with van der Waals surface area (Å²) in [6.07, 6.45) is 12.1. The second kappa shape index (κ2) is 11.5. The predicted octanol–water partition coefficient (Wildman–Crippen LogP) is 6.72. The summed E-state index contributed by atoms with van der Waals surface area (Å²) in [4.78, 5) is 24.5. The molecule has 174 valence electrons. The van der Waals surface area contributed by atoms with Crippen LogP contribution in [0.5, 0.6) is 0 Å². The van der Waals surface area contributed by atoms with Crippen LogP contribution in [-0.4, -0.2) is 23.7 Å². The fourth-order valence-corrected chi connectivity index (χ4v) is 6.50. The molecule has 0 aromatic carbocycles. The summed E-state index contributed by atoms with van der Waals surface area (Å²) in [5.41, 5.74) is 0.399. The molecular formula is C26H46O4. The summed E-state index contributed by atoms with van der Waals surface area (Å²) in [6.45, 7) is 11.9. The maximum atomic E-state index is 12.8. The van der Waals surface area contributed by atoms with Gasteiger partial charge in [0, 0.05) is 0 Å². The van der Waals surface area contributed by atoms with Crippen LogP contribution in [0.2, 0.25) is 0 Å². The summed E-state index contributed by atoms with van der Waals surface area (Å²) in [6, 6.07) is 0. The molecule has 1 N–H and O–H groups in total. The molecule has 4 nitrogen and oxygen atoms in total. The second-order valence-electron chi connectivity index (χ2n) is 10.8. The summed E-state index contributed by atoms with van der Waals surface area (Å²) in [7, 11) is 0. The molecule has 0 spiro atoms. The molecule has 2 aliphatic carbocycles. The maximum absolute atomic E-state index is 12.8. The van der Waals surface area contributed by atoms with E-state index in [1.807, 2.05) is 0 Å². The van der Waals surface area contributed by atoms with Crippen molar-refractivity contribution < 1.29 is 19.4 Å². The lowest BCUT2D eigenvalue weighted by Gasteiger charge is -2.49. The highest BCUT2D eigenvalue weighted by Gasteiger charge is 2.44. The van der Waals surface area contributed by atoms with Gasteiger partial charge in [0.2, 0.25) is 0 Å². The Kier molecular flexibility index (Phi) is 9.68. The van der Waals surface area contributed by atoms with Crippen molar-refractivity contribution in [3.8, 4) is 0 Å². The molecule has 0 bridgehead atoms. The zero-order chi connectivity index (χ0) is 22.3. The summed E-state index contributed by atoms with van der Waals surface area (Å²) >= 11 is 0. The number of hydrogen-bond donors (Lipinski definition) is 1. The molecule has 0 amide bonds. The van der Waals surface area contributed by atoms with Crippen molar-refractivity contribution in [1.29, 1.82) is 0 Å². The number of carbonyl (C=O) groups is 2. The molecule has 0 radical (unpaired) electrons. The van der Waals surface area contributed by atoms with Crippen molar-refractivity contribution in [2.45, 2.75) is 105 Å². The van der Waals surface area contributed by atoms with Crippen molar-refractivity contribution in [2.75, 3.05) is 6.61 Å². The molecule has 0 aromatic rings. The molecule has 4 heteroatoms. The van der Waals surface area contributed by atoms with E-state index in [0.717, 1.165) is 12.8 Å². The number of hydrogen-bond acceptors (Lipinski definition) is 3. The monoisotopic (exact) mass is 422 g/mol. The van der Waals surface area contributed by atoms with Gasteiger partial charge in [-0.1, -0.05) is 60.3 Å². The van der Waals surface area contributed by atoms with Crippen molar-refractivity contribution in [1.82, 2.24) is 0 Å². The van der Waals surface area contributed by atoms with Gasteiger partial charge in [0.05, 0.1) is 18.4 Å². The normalized spacial score (nSPS) is 37.0. The van der Waals surface area contributed by atoms with Crippen LogP contribution < -0.4 is 0 Å². The van der Waals surface area contributed by atoms with Gasteiger partial charge in [0.1, 0.15) is 0 Å². The Hall–Kier alpha value is -1.06. The minimum absolute atomic E-state index is 0.272. The number of carboxylic acid groups (broad SMARTS) is 1. The van der Waals surface area contributed by atoms with Crippen LogP contribution >= 0.6 is 0 Å². The highest BCUT2D eigenvalue weighted by Crippen LogP contribution is 2.51. The van der Waals surface area contributed by atoms with Crippen LogP contribution in [-0.2, 0) is 14.3 Å². The van der Waals surface area contributed by atoms with Crippen molar-refractivity contribution in [3.05, 3.63) is 0 Å².